The van der Waals surface area contributed by atoms with Crippen molar-refractivity contribution < 1.29 is 9.90 Å². The van der Waals surface area contributed by atoms with E-state index in [0.29, 0.717) is 6.54 Å². The number of rotatable bonds is 6. The lowest BCUT2D eigenvalue weighted by molar-refractivity contribution is -0.139. The van der Waals surface area contributed by atoms with Gasteiger partial charge in [0.25, 0.3) is 0 Å². The predicted octanol–water partition coefficient (Wildman–Crippen LogP) is 2.92. The van der Waals surface area contributed by atoms with E-state index in [1.165, 1.54) is 0 Å². The molecule has 1 aromatic heterocycles. The van der Waals surface area contributed by atoms with Crippen LogP contribution in [-0.4, -0.2) is 33.5 Å². The van der Waals surface area contributed by atoms with Crippen LogP contribution in [0.3, 0.4) is 0 Å². The number of benzene rings is 1. The second-order valence-corrected chi connectivity index (χ2v) is 5.09. The van der Waals surface area contributed by atoms with Crippen molar-refractivity contribution in [2.45, 2.75) is 32.9 Å². The molecule has 1 unspecified atom stereocenters. The first-order chi connectivity index (χ1) is 9.60. The van der Waals surface area contributed by atoms with Crippen molar-refractivity contribution in [2.24, 2.45) is 0 Å². The highest BCUT2D eigenvalue weighted by atomic mass is 16.4. The number of carboxylic acids is 1. The average molecular weight is 272 g/mol. The smallest absolute Gasteiger partial charge is 0.317 e. The zero-order chi connectivity index (χ0) is 14.5. The third-order valence-electron chi connectivity index (χ3n) is 3.61. The highest BCUT2D eigenvalue weighted by molar-refractivity contribution is 5.78. The molecule has 0 aliphatic heterocycles. The van der Waals surface area contributed by atoms with Gasteiger partial charge in [0.15, 0.2) is 0 Å². The van der Waals surface area contributed by atoms with Crippen LogP contribution in [0.15, 0.2) is 36.5 Å². The second-order valence-electron chi connectivity index (χ2n) is 5.09. The number of nitrogens with zero attached hydrogens (tertiary/aromatic N) is 2. The fourth-order valence-electron chi connectivity index (χ4n) is 2.26. The summed E-state index contributed by atoms with van der Waals surface area (Å²) in [5.74, 6) is -0.784. The number of hydrogen-bond acceptors (Lipinski definition) is 3. The Hall–Kier alpha value is -1.94. The van der Waals surface area contributed by atoms with Gasteiger partial charge in [-0.25, -0.2) is 0 Å². The van der Waals surface area contributed by atoms with Crippen LogP contribution in [0, 0.1) is 0 Å². The summed E-state index contributed by atoms with van der Waals surface area (Å²) >= 11 is 0. The molecule has 0 bridgehead atoms. The van der Waals surface area contributed by atoms with E-state index in [2.05, 4.69) is 24.9 Å². The van der Waals surface area contributed by atoms with E-state index >= 15 is 0 Å². The molecule has 0 aliphatic carbocycles. The molecule has 20 heavy (non-hydrogen) atoms. The summed E-state index contributed by atoms with van der Waals surface area (Å²) in [6, 6.07) is 10.3. The Morgan fingerprint density at radius 1 is 1.40 bits per heavy atom. The van der Waals surface area contributed by atoms with E-state index in [-0.39, 0.29) is 12.6 Å². The molecule has 1 aromatic carbocycles. The van der Waals surface area contributed by atoms with Gasteiger partial charge < -0.3 is 5.11 Å². The summed E-state index contributed by atoms with van der Waals surface area (Å²) in [6.07, 6.45) is 2.71. The summed E-state index contributed by atoms with van der Waals surface area (Å²) < 4.78 is 0. The van der Waals surface area contributed by atoms with Gasteiger partial charge in [-0.05, 0) is 37.1 Å². The summed E-state index contributed by atoms with van der Waals surface area (Å²) in [7, 11) is 0. The second kappa shape index (κ2) is 6.48. The van der Waals surface area contributed by atoms with Gasteiger partial charge in [0.05, 0.1) is 12.1 Å². The highest BCUT2D eigenvalue weighted by Gasteiger charge is 2.16. The molecule has 0 saturated carbocycles. The number of carboxylic acid groups (broad SMARTS) is 1. The number of hydrogen-bond donors (Lipinski definition) is 1. The topological polar surface area (TPSA) is 53.4 Å². The van der Waals surface area contributed by atoms with Crippen LogP contribution in [0.2, 0.25) is 0 Å². The Morgan fingerprint density at radius 3 is 2.90 bits per heavy atom. The molecule has 1 atom stereocenters. The summed E-state index contributed by atoms with van der Waals surface area (Å²) in [5.41, 5.74) is 2.08. The van der Waals surface area contributed by atoms with Crippen LogP contribution >= 0.6 is 0 Å². The van der Waals surface area contributed by atoms with Crippen molar-refractivity contribution in [1.82, 2.24) is 9.88 Å². The Bertz CT molecular complexity index is 598. The quantitative estimate of drug-likeness (QED) is 0.878. The summed E-state index contributed by atoms with van der Waals surface area (Å²) in [5, 5.41) is 10.1. The fraction of sp³-hybridized carbons (Fsp3) is 0.375. The van der Waals surface area contributed by atoms with Crippen molar-refractivity contribution in [3.05, 3.63) is 42.1 Å². The minimum atomic E-state index is -0.784. The van der Waals surface area contributed by atoms with Crippen LogP contribution in [0.4, 0.5) is 0 Å². The monoisotopic (exact) mass is 272 g/mol. The largest absolute Gasteiger partial charge is 0.480 e. The standard InChI is InChI=1S/C16H20N2O2/c1-3-12(2)18(11-16(19)20)10-13-6-7-15-14(9-13)5-4-8-17-15/h4-9,12H,3,10-11H2,1-2H3,(H,19,20). The van der Waals surface area contributed by atoms with E-state index in [1.807, 2.05) is 29.2 Å². The molecule has 2 rings (SSSR count). The van der Waals surface area contributed by atoms with Gasteiger partial charge in [-0.3, -0.25) is 14.7 Å². The van der Waals surface area contributed by atoms with Crippen molar-refractivity contribution >= 4 is 16.9 Å². The average Bonchev–Trinajstić information content (AvgIpc) is 2.45. The first kappa shape index (κ1) is 14.5. The Kier molecular flexibility index (Phi) is 4.69. The van der Waals surface area contributed by atoms with Crippen molar-refractivity contribution in [1.29, 1.82) is 0 Å². The van der Waals surface area contributed by atoms with Gasteiger partial charge in [0, 0.05) is 24.2 Å². The van der Waals surface area contributed by atoms with Gasteiger partial charge in [0.1, 0.15) is 0 Å². The van der Waals surface area contributed by atoms with Gasteiger partial charge in [-0.2, -0.15) is 0 Å². The fourth-order valence-corrected chi connectivity index (χ4v) is 2.26. The molecule has 0 saturated heterocycles. The summed E-state index contributed by atoms with van der Waals surface area (Å²) in [4.78, 5) is 17.3. The molecule has 0 aliphatic rings. The molecular weight excluding hydrogens is 252 g/mol. The van der Waals surface area contributed by atoms with Crippen LogP contribution in [0.1, 0.15) is 25.8 Å². The van der Waals surface area contributed by atoms with Crippen LogP contribution in [0.5, 0.6) is 0 Å². The molecule has 0 spiro atoms. The van der Waals surface area contributed by atoms with E-state index < -0.39 is 5.97 Å². The maximum atomic E-state index is 11.0. The molecule has 2 aromatic rings. The van der Waals surface area contributed by atoms with E-state index in [0.717, 1.165) is 22.9 Å². The number of aromatic nitrogens is 1. The summed E-state index contributed by atoms with van der Waals surface area (Å²) in [6.45, 7) is 4.85. The van der Waals surface area contributed by atoms with Gasteiger partial charge >= 0.3 is 5.97 Å². The van der Waals surface area contributed by atoms with Crippen molar-refractivity contribution in [3.8, 4) is 0 Å². The maximum absolute atomic E-state index is 11.0. The molecule has 106 valence electrons. The SMILES string of the molecule is CCC(C)N(CC(=O)O)Cc1ccc2ncccc2c1. The normalized spacial score (nSPS) is 12.8. The van der Waals surface area contributed by atoms with Gasteiger partial charge in [-0.1, -0.05) is 19.1 Å². The number of carbonyl (C=O) groups is 1. The molecule has 1 heterocycles. The zero-order valence-electron chi connectivity index (χ0n) is 11.9. The van der Waals surface area contributed by atoms with Crippen LogP contribution < -0.4 is 0 Å². The third kappa shape index (κ3) is 3.54. The molecule has 0 fully saturated rings. The Labute approximate surface area is 119 Å². The zero-order valence-corrected chi connectivity index (χ0v) is 11.9. The van der Waals surface area contributed by atoms with E-state index in [1.54, 1.807) is 6.20 Å². The van der Waals surface area contributed by atoms with E-state index in [4.69, 9.17) is 5.11 Å². The highest BCUT2D eigenvalue weighted by Crippen LogP contribution is 2.16. The lowest BCUT2D eigenvalue weighted by Gasteiger charge is -2.26. The lowest BCUT2D eigenvalue weighted by Crippen LogP contribution is -2.36. The molecule has 0 amide bonds. The minimum Gasteiger partial charge on any atom is -0.480 e. The number of aliphatic carboxylic acids is 1. The molecule has 4 heteroatoms. The van der Waals surface area contributed by atoms with Crippen molar-refractivity contribution in [3.63, 3.8) is 0 Å². The van der Waals surface area contributed by atoms with Gasteiger partial charge in [-0.15, -0.1) is 0 Å². The Morgan fingerprint density at radius 2 is 2.20 bits per heavy atom. The van der Waals surface area contributed by atoms with Crippen LogP contribution in [0.25, 0.3) is 10.9 Å². The number of pyridine rings is 1. The molecule has 1 N–H and O–H groups in total. The minimum absolute atomic E-state index is 0.0695. The third-order valence-corrected chi connectivity index (χ3v) is 3.61. The first-order valence-corrected chi connectivity index (χ1v) is 6.89. The maximum Gasteiger partial charge on any atom is 0.317 e. The first-order valence-electron chi connectivity index (χ1n) is 6.89. The molecule has 4 nitrogen and oxygen atoms in total. The van der Waals surface area contributed by atoms with Crippen molar-refractivity contribution in [2.75, 3.05) is 6.54 Å². The van der Waals surface area contributed by atoms with E-state index in [9.17, 15) is 4.79 Å². The number of fused-ring (bicyclic) bond motifs is 1. The van der Waals surface area contributed by atoms with Gasteiger partial charge in [0.2, 0.25) is 0 Å². The predicted molar refractivity (Wildman–Crippen MR) is 79.5 cm³/mol. The molecular formula is C16H20N2O2. The Balaban J connectivity index is 2.21. The van der Waals surface area contributed by atoms with Crippen LogP contribution in [-0.2, 0) is 11.3 Å². The lowest BCUT2D eigenvalue weighted by atomic mass is 10.1. The molecule has 0 radical (unpaired) electrons.